The monoisotopic (exact) mass is 293 g/mol. The van der Waals surface area contributed by atoms with Gasteiger partial charge in [-0.05, 0) is 6.07 Å². The minimum atomic E-state index is -3.01. The van der Waals surface area contributed by atoms with Crippen LogP contribution in [-0.2, 0) is 0 Å². The molecule has 1 amide bonds. The molecule has 2 aromatic heterocycles. The summed E-state index contributed by atoms with van der Waals surface area (Å²) >= 11 is 0.618. The molecule has 19 heavy (non-hydrogen) atoms. The van der Waals surface area contributed by atoms with E-state index >= 15 is 0 Å². The number of nitrogens with zero attached hydrogens (tertiary/aromatic N) is 1. The highest BCUT2D eigenvalue weighted by Gasteiger charge is 2.24. The minimum Gasteiger partial charge on any atom is -0.397 e. The van der Waals surface area contributed by atoms with Crippen LogP contribution in [-0.4, -0.2) is 10.9 Å². The Labute approximate surface area is 108 Å². The van der Waals surface area contributed by atoms with Crippen LogP contribution in [0, 0.1) is 0 Å². The average molecular weight is 293 g/mol. The first-order chi connectivity index (χ1) is 8.82. The Balaban J connectivity index is 2.84. The number of primary amides is 1. The number of aromatic nitrogens is 1. The zero-order chi connectivity index (χ0) is 14.3. The average Bonchev–Trinajstić information content (AvgIpc) is 2.65. The van der Waals surface area contributed by atoms with E-state index in [1.165, 1.54) is 0 Å². The Kier molecular flexibility index (Phi) is 3.31. The van der Waals surface area contributed by atoms with Crippen molar-refractivity contribution < 1.29 is 22.4 Å². The molecule has 0 bridgehead atoms. The molecule has 4 nitrogen and oxygen atoms in total. The largest absolute Gasteiger partial charge is 0.397 e. The molecule has 0 unspecified atom stereocenters. The second-order valence-corrected chi connectivity index (χ2v) is 4.63. The number of halogens is 4. The Morgan fingerprint density at radius 2 is 1.89 bits per heavy atom. The molecule has 2 heterocycles. The minimum absolute atomic E-state index is 0.153. The first-order valence-corrected chi connectivity index (χ1v) is 5.73. The summed E-state index contributed by atoms with van der Waals surface area (Å²) in [5.74, 6) is -0.917. The number of fused-ring (bicyclic) bond motifs is 1. The fraction of sp³-hybridized carbons (Fsp3) is 0.200. The van der Waals surface area contributed by atoms with Crippen LogP contribution in [0.25, 0.3) is 10.2 Å². The first kappa shape index (κ1) is 13.5. The number of rotatable bonds is 3. The zero-order valence-electron chi connectivity index (χ0n) is 9.16. The summed E-state index contributed by atoms with van der Waals surface area (Å²) in [6.07, 6.45) is -6.01. The number of thiophene rings is 1. The molecule has 0 saturated heterocycles. The van der Waals surface area contributed by atoms with E-state index in [2.05, 4.69) is 4.98 Å². The van der Waals surface area contributed by atoms with E-state index in [9.17, 15) is 22.4 Å². The van der Waals surface area contributed by atoms with Gasteiger partial charge in [-0.25, -0.2) is 22.5 Å². The normalized spacial score (nSPS) is 11.7. The molecule has 0 spiro atoms. The second kappa shape index (κ2) is 4.65. The number of hydrogen-bond donors (Lipinski definition) is 2. The van der Waals surface area contributed by atoms with Gasteiger partial charge >= 0.3 is 0 Å². The highest BCUT2D eigenvalue weighted by atomic mass is 32.1. The van der Waals surface area contributed by atoms with Gasteiger partial charge in [0, 0.05) is 10.9 Å². The molecule has 102 valence electrons. The van der Waals surface area contributed by atoms with Crippen LogP contribution in [0.15, 0.2) is 6.07 Å². The maximum atomic E-state index is 12.9. The number of nitrogens with two attached hydrogens (primary N) is 2. The number of carbonyl (C=O) groups is 1. The summed E-state index contributed by atoms with van der Waals surface area (Å²) in [7, 11) is 0. The van der Waals surface area contributed by atoms with Crippen molar-refractivity contribution in [3.8, 4) is 0 Å². The van der Waals surface area contributed by atoms with Crippen molar-refractivity contribution in [1.82, 2.24) is 4.98 Å². The number of hydrogen-bond acceptors (Lipinski definition) is 4. The van der Waals surface area contributed by atoms with Crippen molar-refractivity contribution in [3.05, 3.63) is 22.2 Å². The first-order valence-electron chi connectivity index (χ1n) is 4.91. The summed E-state index contributed by atoms with van der Waals surface area (Å²) in [6, 6.07) is 0.589. The number of nitrogen functional groups attached to an aromatic ring is 1. The van der Waals surface area contributed by atoms with E-state index in [1.807, 2.05) is 0 Å². The quantitative estimate of drug-likeness (QED) is 0.854. The van der Waals surface area contributed by atoms with Crippen LogP contribution < -0.4 is 11.5 Å². The van der Waals surface area contributed by atoms with Crippen LogP contribution in [0.4, 0.5) is 23.2 Å². The fourth-order valence-electron chi connectivity index (χ4n) is 1.64. The third kappa shape index (κ3) is 2.21. The number of amides is 1. The van der Waals surface area contributed by atoms with Crippen LogP contribution in [0.1, 0.15) is 33.8 Å². The smallest absolute Gasteiger partial charge is 0.280 e. The molecule has 2 rings (SSSR count). The van der Waals surface area contributed by atoms with Crippen LogP contribution in [0.3, 0.4) is 0 Å². The Morgan fingerprint density at radius 1 is 1.26 bits per heavy atom. The van der Waals surface area contributed by atoms with E-state index in [-0.39, 0.29) is 20.8 Å². The van der Waals surface area contributed by atoms with E-state index in [4.69, 9.17) is 11.5 Å². The topological polar surface area (TPSA) is 82.0 Å². The Bertz CT molecular complexity index is 656. The number of carbonyl (C=O) groups excluding carboxylic acids is 1. The van der Waals surface area contributed by atoms with Gasteiger partial charge in [-0.2, -0.15) is 0 Å². The van der Waals surface area contributed by atoms with Crippen molar-refractivity contribution in [1.29, 1.82) is 0 Å². The van der Waals surface area contributed by atoms with Gasteiger partial charge in [0.2, 0.25) is 0 Å². The lowest BCUT2D eigenvalue weighted by molar-refractivity contribution is 0.100. The van der Waals surface area contributed by atoms with Crippen molar-refractivity contribution in [2.45, 2.75) is 12.9 Å². The lowest BCUT2D eigenvalue weighted by Crippen LogP contribution is -2.10. The summed E-state index contributed by atoms with van der Waals surface area (Å²) < 4.78 is 50.9. The van der Waals surface area contributed by atoms with Gasteiger partial charge in [0.15, 0.2) is 0 Å². The van der Waals surface area contributed by atoms with Crippen molar-refractivity contribution in [3.63, 3.8) is 0 Å². The predicted octanol–water partition coefficient (Wildman–Crippen LogP) is 2.85. The molecule has 4 N–H and O–H groups in total. The van der Waals surface area contributed by atoms with E-state index in [1.54, 1.807) is 0 Å². The van der Waals surface area contributed by atoms with Gasteiger partial charge in [0.05, 0.1) is 5.69 Å². The summed E-state index contributed by atoms with van der Waals surface area (Å²) in [6.45, 7) is 0. The zero-order valence-corrected chi connectivity index (χ0v) is 9.98. The maximum Gasteiger partial charge on any atom is 0.280 e. The predicted molar refractivity (Wildman–Crippen MR) is 62.5 cm³/mol. The molecule has 9 heteroatoms. The molecule has 0 atom stereocenters. The van der Waals surface area contributed by atoms with E-state index in [0.29, 0.717) is 17.4 Å². The van der Waals surface area contributed by atoms with Crippen LogP contribution in [0.2, 0.25) is 0 Å². The standard InChI is InChI=1S/C10H7F4N3OS/c11-7(12)2-1-3(8(13)14)17-10-4(2)5(15)6(19-10)9(16)18/h1,7-8H,15H2,(H2,16,18). The van der Waals surface area contributed by atoms with Gasteiger partial charge in [-0.1, -0.05) is 0 Å². The van der Waals surface area contributed by atoms with Crippen molar-refractivity contribution in [2.75, 3.05) is 5.73 Å². The summed E-state index contributed by atoms with van der Waals surface area (Å²) in [5, 5.41) is -0.196. The number of pyridine rings is 1. The molecule has 0 radical (unpaired) electrons. The molecular formula is C10H7F4N3OS. The molecule has 0 aliphatic heterocycles. The van der Waals surface area contributed by atoms with Crippen molar-refractivity contribution in [2.24, 2.45) is 5.73 Å². The Morgan fingerprint density at radius 3 is 2.37 bits per heavy atom. The molecule has 0 aliphatic rings. The highest BCUT2D eigenvalue weighted by molar-refractivity contribution is 7.21. The molecular weight excluding hydrogens is 286 g/mol. The fourth-order valence-corrected chi connectivity index (χ4v) is 2.62. The molecule has 0 fully saturated rings. The second-order valence-electron chi connectivity index (χ2n) is 3.63. The SMILES string of the molecule is NC(=O)c1sc2nc(C(F)F)cc(C(F)F)c2c1N. The van der Waals surface area contributed by atoms with E-state index in [0.717, 1.165) is 0 Å². The maximum absolute atomic E-state index is 12.9. The summed E-state index contributed by atoms with van der Waals surface area (Å²) in [5.41, 5.74) is 8.86. The van der Waals surface area contributed by atoms with Crippen LogP contribution in [0.5, 0.6) is 0 Å². The third-order valence-electron chi connectivity index (χ3n) is 2.43. The lowest BCUT2D eigenvalue weighted by atomic mass is 10.1. The van der Waals surface area contributed by atoms with Gasteiger partial charge in [-0.15, -0.1) is 11.3 Å². The number of anilines is 1. The van der Waals surface area contributed by atoms with Gasteiger partial charge in [0.1, 0.15) is 15.4 Å². The lowest BCUT2D eigenvalue weighted by Gasteiger charge is -2.06. The van der Waals surface area contributed by atoms with Gasteiger partial charge in [0.25, 0.3) is 18.8 Å². The van der Waals surface area contributed by atoms with Crippen LogP contribution >= 0.6 is 11.3 Å². The van der Waals surface area contributed by atoms with Gasteiger partial charge < -0.3 is 11.5 Å². The Hall–Kier alpha value is -1.90. The molecule has 0 aromatic carbocycles. The van der Waals surface area contributed by atoms with Crippen molar-refractivity contribution >= 4 is 33.1 Å². The highest BCUT2D eigenvalue weighted by Crippen LogP contribution is 2.39. The molecule has 0 aliphatic carbocycles. The number of alkyl halides is 4. The molecule has 2 aromatic rings. The third-order valence-corrected chi connectivity index (χ3v) is 3.55. The summed E-state index contributed by atoms with van der Waals surface area (Å²) in [4.78, 5) is 14.3. The van der Waals surface area contributed by atoms with E-state index < -0.39 is 30.0 Å². The molecule has 0 saturated carbocycles. The van der Waals surface area contributed by atoms with Gasteiger partial charge in [-0.3, -0.25) is 4.79 Å².